The first-order valence-corrected chi connectivity index (χ1v) is 7.40. The Labute approximate surface area is 130 Å². The van der Waals surface area contributed by atoms with Gasteiger partial charge in [0.05, 0.1) is 21.9 Å². The Morgan fingerprint density at radius 1 is 1.43 bits per heavy atom. The van der Waals surface area contributed by atoms with E-state index in [9.17, 15) is 8.78 Å². The molecule has 2 aromatic rings. The summed E-state index contributed by atoms with van der Waals surface area (Å²) >= 11 is 3.49. The zero-order valence-electron chi connectivity index (χ0n) is 11.8. The van der Waals surface area contributed by atoms with Gasteiger partial charge in [-0.3, -0.25) is 16.0 Å². The van der Waals surface area contributed by atoms with Crippen molar-refractivity contribution in [2.24, 2.45) is 5.84 Å². The number of nitrogens with one attached hydrogen (secondary N) is 1. The fourth-order valence-corrected chi connectivity index (χ4v) is 2.75. The van der Waals surface area contributed by atoms with Crippen LogP contribution in [0.15, 0.2) is 22.7 Å². The van der Waals surface area contributed by atoms with Crippen LogP contribution in [0.5, 0.6) is 0 Å². The SMILES string of the molecule is CCn1nc(C)c(Br)c1CC(NN)c1cccc(F)c1F. The first-order chi connectivity index (χ1) is 9.99. The van der Waals surface area contributed by atoms with E-state index in [0.717, 1.165) is 21.9 Å². The highest BCUT2D eigenvalue weighted by molar-refractivity contribution is 9.10. The molecule has 0 bridgehead atoms. The molecule has 0 fully saturated rings. The van der Waals surface area contributed by atoms with Crippen LogP contribution in [0.4, 0.5) is 8.78 Å². The summed E-state index contributed by atoms with van der Waals surface area (Å²) in [5, 5.41) is 4.38. The van der Waals surface area contributed by atoms with Crippen LogP contribution < -0.4 is 11.3 Å². The topological polar surface area (TPSA) is 55.9 Å². The largest absolute Gasteiger partial charge is 0.271 e. The highest BCUT2D eigenvalue weighted by Crippen LogP contribution is 2.28. The molecule has 0 saturated carbocycles. The van der Waals surface area contributed by atoms with Gasteiger partial charge in [-0.15, -0.1) is 0 Å². The quantitative estimate of drug-likeness (QED) is 0.638. The molecule has 0 spiro atoms. The maximum absolute atomic E-state index is 13.9. The molecule has 0 amide bonds. The van der Waals surface area contributed by atoms with Gasteiger partial charge >= 0.3 is 0 Å². The maximum Gasteiger partial charge on any atom is 0.163 e. The van der Waals surface area contributed by atoms with Crippen molar-refractivity contribution in [3.63, 3.8) is 0 Å². The molecule has 1 heterocycles. The Hall–Kier alpha value is -1.31. The van der Waals surface area contributed by atoms with Crippen molar-refractivity contribution in [1.82, 2.24) is 15.2 Å². The van der Waals surface area contributed by atoms with Crippen LogP contribution in [0.3, 0.4) is 0 Å². The van der Waals surface area contributed by atoms with Gasteiger partial charge in [0.2, 0.25) is 0 Å². The number of hydrogen-bond acceptors (Lipinski definition) is 3. The maximum atomic E-state index is 13.9. The van der Waals surface area contributed by atoms with Crippen LogP contribution in [-0.2, 0) is 13.0 Å². The third kappa shape index (κ3) is 3.14. The minimum atomic E-state index is -0.882. The average Bonchev–Trinajstić information content (AvgIpc) is 2.75. The molecule has 4 nitrogen and oxygen atoms in total. The summed E-state index contributed by atoms with van der Waals surface area (Å²) in [4.78, 5) is 0. The molecule has 0 radical (unpaired) electrons. The van der Waals surface area contributed by atoms with Crippen LogP contribution in [0.25, 0.3) is 0 Å². The molecule has 114 valence electrons. The lowest BCUT2D eigenvalue weighted by Gasteiger charge is -2.18. The van der Waals surface area contributed by atoms with Crippen molar-refractivity contribution in [3.05, 3.63) is 51.3 Å². The van der Waals surface area contributed by atoms with Crippen LogP contribution in [0.2, 0.25) is 0 Å². The van der Waals surface area contributed by atoms with Gasteiger partial charge in [-0.25, -0.2) is 8.78 Å². The summed E-state index contributed by atoms with van der Waals surface area (Å²) in [6.07, 6.45) is 0.395. The molecule has 7 heteroatoms. The van der Waals surface area contributed by atoms with Crippen molar-refractivity contribution in [2.75, 3.05) is 0 Å². The van der Waals surface area contributed by atoms with Gasteiger partial charge in [-0.05, 0) is 35.8 Å². The Kier molecular flexibility index (Phi) is 5.08. The molecule has 21 heavy (non-hydrogen) atoms. The number of nitrogens with zero attached hydrogens (tertiary/aromatic N) is 2. The summed E-state index contributed by atoms with van der Waals surface area (Å²) < 4.78 is 30.0. The molecule has 0 saturated heterocycles. The Bertz CT molecular complexity index is 642. The third-order valence-electron chi connectivity index (χ3n) is 3.41. The number of aryl methyl sites for hydroxylation is 2. The molecular formula is C14H17BrF2N4. The second kappa shape index (κ2) is 6.64. The van der Waals surface area contributed by atoms with Crippen LogP contribution in [0, 0.1) is 18.6 Å². The number of nitrogens with two attached hydrogens (primary N) is 1. The van der Waals surface area contributed by atoms with E-state index in [1.54, 1.807) is 0 Å². The minimum Gasteiger partial charge on any atom is -0.271 e. The number of halogens is 3. The number of hydrogen-bond donors (Lipinski definition) is 2. The molecular weight excluding hydrogens is 342 g/mol. The second-order valence-electron chi connectivity index (χ2n) is 4.73. The Morgan fingerprint density at radius 3 is 2.76 bits per heavy atom. The van der Waals surface area contributed by atoms with Crippen molar-refractivity contribution in [1.29, 1.82) is 0 Å². The van der Waals surface area contributed by atoms with Gasteiger partial charge in [-0.2, -0.15) is 5.10 Å². The Balaban J connectivity index is 2.38. The number of rotatable bonds is 5. The van der Waals surface area contributed by atoms with Gasteiger partial charge in [-0.1, -0.05) is 12.1 Å². The fraction of sp³-hybridized carbons (Fsp3) is 0.357. The number of hydrazine groups is 1. The van der Waals surface area contributed by atoms with E-state index >= 15 is 0 Å². The van der Waals surface area contributed by atoms with E-state index in [0.29, 0.717) is 13.0 Å². The standard InChI is InChI=1S/C14H17BrF2N4/c1-3-21-12(13(15)8(2)20-21)7-11(19-18)9-5-4-6-10(16)14(9)17/h4-6,11,19H,3,7,18H2,1-2H3. The molecule has 3 N–H and O–H groups in total. The van der Waals surface area contributed by atoms with Crippen LogP contribution in [0.1, 0.15) is 29.9 Å². The van der Waals surface area contributed by atoms with Crippen molar-refractivity contribution >= 4 is 15.9 Å². The highest BCUT2D eigenvalue weighted by Gasteiger charge is 2.21. The molecule has 1 aromatic heterocycles. The van der Waals surface area contributed by atoms with E-state index in [1.165, 1.54) is 12.1 Å². The third-order valence-corrected chi connectivity index (χ3v) is 4.44. The molecule has 0 aliphatic carbocycles. The minimum absolute atomic E-state index is 0.200. The van der Waals surface area contributed by atoms with E-state index in [1.807, 2.05) is 18.5 Å². The molecule has 0 aliphatic heterocycles. The van der Waals surface area contributed by atoms with Crippen LogP contribution in [-0.4, -0.2) is 9.78 Å². The predicted molar refractivity (Wildman–Crippen MR) is 80.5 cm³/mol. The molecule has 0 aliphatic rings. The summed E-state index contributed by atoms with van der Waals surface area (Å²) in [5.74, 6) is 3.77. The smallest absolute Gasteiger partial charge is 0.163 e. The van der Waals surface area contributed by atoms with E-state index in [-0.39, 0.29) is 5.56 Å². The van der Waals surface area contributed by atoms with Gasteiger partial charge in [0.1, 0.15) is 0 Å². The van der Waals surface area contributed by atoms with Crippen molar-refractivity contribution in [2.45, 2.75) is 32.9 Å². The normalized spacial score (nSPS) is 12.7. The average molecular weight is 359 g/mol. The fourth-order valence-electron chi connectivity index (χ4n) is 2.31. The monoisotopic (exact) mass is 358 g/mol. The van der Waals surface area contributed by atoms with Gasteiger partial charge in [0.25, 0.3) is 0 Å². The second-order valence-corrected chi connectivity index (χ2v) is 5.52. The number of aromatic nitrogens is 2. The summed E-state index contributed by atoms with van der Waals surface area (Å²) in [5.41, 5.74) is 4.49. The van der Waals surface area contributed by atoms with Crippen molar-refractivity contribution in [3.8, 4) is 0 Å². The predicted octanol–water partition coefficient (Wildman–Crippen LogP) is 3.00. The molecule has 1 atom stereocenters. The number of benzene rings is 1. The molecule has 1 unspecified atom stereocenters. The lowest BCUT2D eigenvalue weighted by atomic mass is 10.0. The zero-order valence-corrected chi connectivity index (χ0v) is 13.4. The first-order valence-electron chi connectivity index (χ1n) is 6.61. The van der Waals surface area contributed by atoms with E-state index in [2.05, 4.69) is 26.5 Å². The molecule has 2 rings (SSSR count). The Morgan fingerprint density at radius 2 is 2.14 bits per heavy atom. The van der Waals surface area contributed by atoms with Crippen LogP contribution >= 0.6 is 15.9 Å². The lowest BCUT2D eigenvalue weighted by molar-refractivity contribution is 0.456. The summed E-state index contributed by atoms with van der Waals surface area (Å²) in [6, 6.07) is 3.53. The van der Waals surface area contributed by atoms with E-state index in [4.69, 9.17) is 5.84 Å². The van der Waals surface area contributed by atoms with Gasteiger partial charge in [0.15, 0.2) is 11.6 Å². The zero-order chi connectivity index (χ0) is 15.6. The lowest BCUT2D eigenvalue weighted by Crippen LogP contribution is -2.31. The summed E-state index contributed by atoms with van der Waals surface area (Å²) in [6.45, 7) is 4.54. The first kappa shape index (κ1) is 16.1. The van der Waals surface area contributed by atoms with Gasteiger partial charge in [0, 0.05) is 18.5 Å². The van der Waals surface area contributed by atoms with Gasteiger partial charge < -0.3 is 0 Å². The summed E-state index contributed by atoms with van der Waals surface area (Å²) in [7, 11) is 0. The van der Waals surface area contributed by atoms with Crippen molar-refractivity contribution < 1.29 is 8.78 Å². The molecule has 1 aromatic carbocycles. The van der Waals surface area contributed by atoms with E-state index < -0.39 is 17.7 Å². The highest BCUT2D eigenvalue weighted by atomic mass is 79.9.